The molecule has 13 nitrogen and oxygen atoms in total. The third-order valence-corrected chi connectivity index (χ3v) is 9.12. The maximum Gasteiger partial charge on any atom is 0.336 e. The summed E-state index contributed by atoms with van der Waals surface area (Å²) in [7, 11) is 0. The van der Waals surface area contributed by atoms with E-state index in [1.54, 1.807) is 45.2 Å². The molecule has 2 aromatic carbocycles. The molecule has 0 fully saturated rings. The molecule has 0 unspecified atom stereocenters. The topological polar surface area (TPSA) is 200 Å². The number of H-pyrrole nitrogens is 1. The van der Waals surface area contributed by atoms with Crippen molar-refractivity contribution >= 4 is 57.2 Å². The van der Waals surface area contributed by atoms with Crippen molar-refractivity contribution in [1.29, 1.82) is 0 Å². The predicted octanol–water partition coefficient (Wildman–Crippen LogP) is 4.18. The second-order valence-electron chi connectivity index (χ2n) is 12.8. The number of aromatic nitrogens is 1. The van der Waals surface area contributed by atoms with Gasteiger partial charge in [-0.25, -0.2) is 4.79 Å². The molecule has 0 saturated heterocycles. The SMILES string of the molecule is CC[C@H](C)[C@H](NC(=O)CCC(=O)O)C(=O)N[C@H](C(=O)N[C@@H](Cc1c[nH]c2ccccc12)C(=O)Nc1ccc2c(C)cc(=O)oc2c1)[C@@H](C)CC. The van der Waals surface area contributed by atoms with Crippen LogP contribution in [0.15, 0.2) is 63.9 Å². The van der Waals surface area contributed by atoms with E-state index in [-0.39, 0.29) is 31.1 Å². The van der Waals surface area contributed by atoms with Gasteiger partial charge in [-0.15, -0.1) is 0 Å². The van der Waals surface area contributed by atoms with Crippen molar-refractivity contribution in [2.75, 3.05) is 5.32 Å². The van der Waals surface area contributed by atoms with Gasteiger partial charge >= 0.3 is 11.6 Å². The Morgan fingerprint density at radius 3 is 2.16 bits per heavy atom. The van der Waals surface area contributed by atoms with Gasteiger partial charge in [0.15, 0.2) is 0 Å². The summed E-state index contributed by atoms with van der Waals surface area (Å²) in [5.74, 6) is -4.11. The number of carbonyl (C=O) groups is 5. The number of carbonyl (C=O) groups excluding carboxylic acids is 4. The lowest BCUT2D eigenvalue weighted by molar-refractivity contribution is -0.139. The van der Waals surface area contributed by atoms with Crippen LogP contribution in [0, 0.1) is 18.8 Å². The number of benzene rings is 2. The highest BCUT2D eigenvalue weighted by atomic mass is 16.4. The molecule has 5 atom stereocenters. The summed E-state index contributed by atoms with van der Waals surface area (Å²) in [6.07, 6.45) is 2.26. The van der Waals surface area contributed by atoms with Crippen LogP contribution in [0.3, 0.4) is 0 Å². The number of aromatic amines is 1. The molecule has 50 heavy (non-hydrogen) atoms. The van der Waals surface area contributed by atoms with Crippen molar-refractivity contribution in [2.45, 2.75) is 84.8 Å². The van der Waals surface area contributed by atoms with Crippen molar-refractivity contribution in [3.8, 4) is 0 Å². The van der Waals surface area contributed by atoms with Crippen LogP contribution in [-0.2, 0) is 30.4 Å². The van der Waals surface area contributed by atoms with E-state index >= 15 is 0 Å². The first-order valence-corrected chi connectivity index (χ1v) is 16.8. The van der Waals surface area contributed by atoms with Crippen LogP contribution in [0.4, 0.5) is 5.69 Å². The number of aryl methyl sites for hydroxylation is 1. The van der Waals surface area contributed by atoms with Crippen LogP contribution in [0.1, 0.15) is 64.5 Å². The Morgan fingerprint density at radius 2 is 1.48 bits per heavy atom. The second-order valence-corrected chi connectivity index (χ2v) is 12.8. The number of hydrogen-bond acceptors (Lipinski definition) is 7. The summed E-state index contributed by atoms with van der Waals surface area (Å²) in [6, 6.07) is 10.8. The molecule has 0 saturated carbocycles. The lowest BCUT2D eigenvalue weighted by Gasteiger charge is -2.30. The van der Waals surface area contributed by atoms with Gasteiger partial charge in [0.05, 0.1) is 6.42 Å². The van der Waals surface area contributed by atoms with Crippen LogP contribution >= 0.6 is 0 Å². The molecule has 0 aliphatic heterocycles. The molecule has 0 aliphatic rings. The largest absolute Gasteiger partial charge is 0.481 e. The van der Waals surface area contributed by atoms with Crippen molar-refractivity contribution in [3.63, 3.8) is 0 Å². The van der Waals surface area contributed by atoms with Gasteiger partial charge in [0.2, 0.25) is 23.6 Å². The minimum absolute atomic E-state index is 0.111. The normalized spacial score (nSPS) is 14.3. The molecular formula is C37H45N5O8. The van der Waals surface area contributed by atoms with Gasteiger partial charge in [0.1, 0.15) is 23.7 Å². The van der Waals surface area contributed by atoms with Crippen molar-refractivity contribution < 1.29 is 33.5 Å². The zero-order valence-electron chi connectivity index (χ0n) is 28.9. The predicted molar refractivity (Wildman–Crippen MR) is 189 cm³/mol. The second kappa shape index (κ2) is 16.8. The fourth-order valence-corrected chi connectivity index (χ4v) is 5.74. The molecule has 13 heteroatoms. The maximum atomic E-state index is 14.0. The Bertz CT molecular complexity index is 1930. The fourth-order valence-electron chi connectivity index (χ4n) is 5.74. The molecule has 0 spiro atoms. The highest BCUT2D eigenvalue weighted by molar-refractivity contribution is 6.00. The molecule has 2 heterocycles. The Labute approximate surface area is 289 Å². The molecule has 266 valence electrons. The molecule has 4 aromatic rings. The van der Waals surface area contributed by atoms with E-state index in [0.29, 0.717) is 29.5 Å². The zero-order chi connectivity index (χ0) is 36.5. The van der Waals surface area contributed by atoms with E-state index in [0.717, 1.165) is 22.0 Å². The third-order valence-electron chi connectivity index (χ3n) is 9.12. The van der Waals surface area contributed by atoms with E-state index in [9.17, 15) is 28.8 Å². The summed E-state index contributed by atoms with van der Waals surface area (Å²) in [5.41, 5.74) is 2.51. The molecule has 2 aromatic heterocycles. The minimum Gasteiger partial charge on any atom is -0.481 e. The lowest BCUT2D eigenvalue weighted by atomic mass is 9.94. The third kappa shape index (κ3) is 9.36. The highest BCUT2D eigenvalue weighted by Crippen LogP contribution is 2.23. The standard InChI is InChI=1S/C37H45N5O8/c1-6-20(3)33(41-30(43)14-15-31(44)45)37(49)42-34(21(4)7-2)36(48)40-28(17-23-19-38-27-11-9-8-10-26(23)27)35(47)39-24-12-13-25-22(5)16-32(46)50-29(25)18-24/h8-13,16,18-21,28,33-34,38H,6-7,14-15,17H2,1-5H3,(H,39,47)(H,40,48)(H,41,43)(H,42,49)(H,44,45)/t20-,21-,28-,33-,34-/m0/s1. The number of carboxylic acid groups (broad SMARTS) is 1. The number of carboxylic acids is 1. The van der Waals surface area contributed by atoms with E-state index < -0.39 is 53.3 Å². The Kier molecular flexibility index (Phi) is 12.5. The number of amides is 4. The summed E-state index contributed by atoms with van der Waals surface area (Å²) in [6.45, 7) is 9.09. The number of fused-ring (bicyclic) bond motifs is 2. The summed E-state index contributed by atoms with van der Waals surface area (Å²) < 4.78 is 5.35. The summed E-state index contributed by atoms with van der Waals surface area (Å²) in [5, 5.41) is 21.7. The number of para-hydroxylation sites is 1. The average Bonchev–Trinajstić information content (AvgIpc) is 3.49. The van der Waals surface area contributed by atoms with E-state index in [1.807, 2.05) is 38.1 Å². The number of hydrogen-bond donors (Lipinski definition) is 6. The Morgan fingerprint density at radius 1 is 0.820 bits per heavy atom. The number of anilines is 1. The summed E-state index contributed by atoms with van der Waals surface area (Å²) >= 11 is 0. The van der Waals surface area contributed by atoms with Crippen LogP contribution < -0.4 is 26.9 Å². The maximum absolute atomic E-state index is 14.0. The van der Waals surface area contributed by atoms with Crippen LogP contribution in [0.5, 0.6) is 0 Å². The first-order chi connectivity index (χ1) is 23.8. The number of aliphatic carboxylic acids is 1. The van der Waals surface area contributed by atoms with Gasteiger partial charge in [0.25, 0.3) is 0 Å². The average molecular weight is 688 g/mol. The highest BCUT2D eigenvalue weighted by Gasteiger charge is 2.34. The van der Waals surface area contributed by atoms with Crippen molar-refractivity contribution in [3.05, 3.63) is 76.3 Å². The van der Waals surface area contributed by atoms with Crippen molar-refractivity contribution in [2.24, 2.45) is 11.8 Å². The van der Waals surface area contributed by atoms with Crippen LogP contribution in [0.2, 0.25) is 0 Å². The van der Waals surface area contributed by atoms with Gasteiger partial charge in [-0.3, -0.25) is 24.0 Å². The van der Waals surface area contributed by atoms with Gasteiger partial charge in [-0.2, -0.15) is 0 Å². The zero-order valence-corrected chi connectivity index (χ0v) is 28.9. The van der Waals surface area contributed by atoms with E-state index in [2.05, 4.69) is 26.3 Å². The monoisotopic (exact) mass is 687 g/mol. The first kappa shape index (κ1) is 37.4. The first-order valence-electron chi connectivity index (χ1n) is 16.8. The minimum atomic E-state index is -1.13. The van der Waals surface area contributed by atoms with Gasteiger partial charge < -0.3 is 35.8 Å². The van der Waals surface area contributed by atoms with Crippen molar-refractivity contribution in [1.82, 2.24) is 20.9 Å². The number of nitrogens with one attached hydrogen (secondary N) is 5. The molecule has 6 N–H and O–H groups in total. The molecular weight excluding hydrogens is 642 g/mol. The quantitative estimate of drug-likeness (QED) is 0.0943. The van der Waals surface area contributed by atoms with Crippen LogP contribution in [-0.4, -0.2) is 57.8 Å². The Balaban J connectivity index is 1.60. The van der Waals surface area contributed by atoms with Crippen LogP contribution in [0.25, 0.3) is 21.9 Å². The van der Waals surface area contributed by atoms with Gasteiger partial charge in [-0.05, 0) is 48.1 Å². The van der Waals surface area contributed by atoms with E-state index in [4.69, 9.17) is 9.52 Å². The molecule has 4 rings (SSSR count). The van der Waals surface area contributed by atoms with E-state index in [1.165, 1.54) is 6.07 Å². The smallest absolute Gasteiger partial charge is 0.336 e. The van der Waals surface area contributed by atoms with Gasteiger partial charge in [-0.1, -0.05) is 58.7 Å². The number of rotatable bonds is 16. The van der Waals surface area contributed by atoms with Gasteiger partial charge in [0, 0.05) is 53.1 Å². The molecule has 0 bridgehead atoms. The fraction of sp³-hybridized carbons (Fsp3) is 0.405. The molecule has 0 radical (unpaired) electrons. The molecule has 4 amide bonds. The lowest BCUT2D eigenvalue weighted by Crippen LogP contribution is -2.59. The molecule has 0 aliphatic carbocycles. The Hall–Kier alpha value is -5.46. The summed E-state index contributed by atoms with van der Waals surface area (Å²) in [4.78, 5) is 80.3.